The number of alkyl halides is 1. The van der Waals surface area contributed by atoms with Gasteiger partial charge < -0.3 is 15.4 Å². The molecule has 158 valence electrons. The molecule has 1 aromatic rings. The van der Waals surface area contributed by atoms with E-state index in [1.807, 2.05) is 38.1 Å². The maximum atomic E-state index is 13.1. The number of nitrogens with one attached hydrogen (secondary N) is 2. The molecule has 5 nitrogen and oxygen atoms in total. The van der Waals surface area contributed by atoms with Crippen LogP contribution in [0.5, 0.6) is 5.75 Å². The van der Waals surface area contributed by atoms with E-state index in [1.165, 1.54) is 0 Å². The van der Waals surface area contributed by atoms with E-state index in [1.54, 1.807) is 0 Å². The first-order valence-electron chi connectivity index (χ1n) is 10.3. The Morgan fingerprint density at radius 2 is 1.93 bits per heavy atom. The average Bonchev–Trinajstić information content (AvgIpc) is 2.63. The van der Waals surface area contributed by atoms with Gasteiger partial charge in [0, 0.05) is 16.1 Å². The lowest BCUT2D eigenvalue weighted by molar-refractivity contribution is -0.140. The molecule has 29 heavy (non-hydrogen) atoms. The predicted molar refractivity (Wildman–Crippen MR) is 116 cm³/mol. The van der Waals surface area contributed by atoms with Crippen LogP contribution in [0.3, 0.4) is 0 Å². The Bertz CT molecular complexity index is 799. The van der Waals surface area contributed by atoms with Crippen LogP contribution in [0.2, 0.25) is 0 Å². The van der Waals surface area contributed by atoms with E-state index in [4.69, 9.17) is 16.3 Å². The van der Waals surface area contributed by atoms with Crippen LogP contribution in [0, 0.1) is 17.8 Å². The van der Waals surface area contributed by atoms with Crippen molar-refractivity contribution >= 4 is 39.3 Å². The third kappa shape index (κ3) is 4.29. The van der Waals surface area contributed by atoms with Gasteiger partial charge in [-0.25, -0.2) is 0 Å². The molecule has 0 aliphatic heterocycles. The topological polar surface area (TPSA) is 67.4 Å². The van der Waals surface area contributed by atoms with E-state index in [0.717, 1.165) is 36.6 Å². The minimum Gasteiger partial charge on any atom is -0.478 e. The van der Waals surface area contributed by atoms with Crippen molar-refractivity contribution in [2.24, 2.45) is 17.8 Å². The highest BCUT2D eigenvalue weighted by molar-refractivity contribution is 9.10. The summed E-state index contributed by atoms with van der Waals surface area (Å²) in [6.45, 7) is 3.61. The SMILES string of the molecule is CC(C)(Oc1cccc(Br)c1)C(=O)N[C@H]1[C@@H]2CC3C[C@H]1C[C@](NC(=O)CCl)(C3)C2. The number of carbonyl (C=O) groups excluding carboxylic acids is 2. The summed E-state index contributed by atoms with van der Waals surface area (Å²) in [6.07, 6.45) is 5.11. The van der Waals surface area contributed by atoms with Gasteiger partial charge in [-0.1, -0.05) is 22.0 Å². The van der Waals surface area contributed by atoms with Crippen LogP contribution >= 0.6 is 27.5 Å². The molecule has 0 radical (unpaired) electrons. The van der Waals surface area contributed by atoms with Crippen LogP contribution in [-0.2, 0) is 9.59 Å². The maximum Gasteiger partial charge on any atom is 0.263 e. The number of hydrogen-bond donors (Lipinski definition) is 2. The molecule has 2 N–H and O–H groups in total. The van der Waals surface area contributed by atoms with Crippen molar-refractivity contribution in [3.8, 4) is 5.75 Å². The van der Waals surface area contributed by atoms with Crippen molar-refractivity contribution in [3.05, 3.63) is 28.7 Å². The summed E-state index contributed by atoms with van der Waals surface area (Å²) in [7, 11) is 0. The average molecular weight is 484 g/mol. The third-order valence-corrected chi connectivity index (χ3v) is 7.55. The lowest BCUT2D eigenvalue weighted by Gasteiger charge is -2.60. The number of carbonyl (C=O) groups is 2. The van der Waals surface area contributed by atoms with Gasteiger partial charge >= 0.3 is 0 Å². The monoisotopic (exact) mass is 482 g/mol. The first-order valence-corrected chi connectivity index (χ1v) is 11.6. The lowest BCUT2D eigenvalue weighted by Crippen LogP contribution is -2.67. The lowest BCUT2D eigenvalue weighted by atomic mass is 9.51. The van der Waals surface area contributed by atoms with E-state index in [-0.39, 0.29) is 29.3 Å². The van der Waals surface area contributed by atoms with Crippen molar-refractivity contribution < 1.29 is 14.3 Å². The summed E-state index contributed by atoms with van der Waals surface area (Å²) in [6, 6.07) is 7.67. The molecule has 0 saturated heterocycles. The normalized spacial score (nSPS) is 32.7. The van der Waals surface area contributed by atoms with Crippen LogP contribution in [-0.4, -0.2) is 34.9 Å². The predicted octanol–water partition coefficient (Wildman–Crippen LogP) is 4.03. The second-order valence-corrected chi connectivity index (χ2v) is 10.7. The van der Waals surface area contributed by atoms with Gasteiger partial charge in [0.2, 0.25) is 5.91 Å². The van der Waals surface area contributed by atoms with Gasteiger partial charge in [0.1, 0.15) is 11.6 Å². The molecule has 4 saturated carbocycles. The molecule has 5 atom stereocenters. The first kappa shape index (κ1) is 21.0. The van der Waals surface area contributed by atoms with Gasteiger partial charge in [0.15, 0.2) is 5.60 Å². The number of rotatable bonds is 6. The zero-order chi connectivity index (χ0) is 20.8. The zero-order valence-corrected chi connectivity index (χ0v) is 19.2. The molecule has 1 unspecified atom stereocenters. The standard InChI is InChI=1S/C22H28BrClN2O3/c1-21(2,29-17-5-3-4-16(23)8-17)20(28)25-19-14-6-13-7-15(19)11-22(9-13,10-14)26-18(27)12-24/h3-5,8,13-15,19H,6-7,9-12H2,1-2H3,(H,25,28)(H,26,27)/t13?,14-,15+,19+,22+. The highest BCUT2D eigenvalue weighted by atomic mass is 79.9. The fourth-order valence-electron chi connectivity index (χ4n) is 5.94. The van der Waals surface area contributed by atoms with Gasteiger partial charge in [-0.15, -0.1) is 11.6 Å². The Labute approximate surface area is 185 Å². The number of ether oxygens (including phenoxy) is 1. The molecule has 0 spiro atoms. The van der Waals surface area contributed by atoms with Gasteiger partial charge in [-0.05, 0) is 81.9 Å². The van der Waals surface area contributed by atoms with Crippen molar-refractivity contribution in [1.82, 2.24) is 10.6 Å². The number of benzene rings is 1. The van der Waals surface area contributed by atoms with E-state index >= 15 is 0 Å². The van der Waals surface area contributed by atoms with E-state index < -0.39 is 5.60 Å². The van der Waals surface area contributed by atoms with Gasteiger partial charge in [0.05, 0.1) is 0 Å². The number of halogens is 2. The van der Waals surface area contributed by atoms with E-state index in [2.05, 4.69) is 26.6 Å². The van der Waals surface area contributed by atoms with Crippen LogP contribution in [0.4, 0.5) is 0 Å². The fourth-order valence-corrected chi connectivity index (χ4v) is 6.38. The summed E-state index contributed by atoms with van der Waals surface area (Å²) < 4.78 is 6.92. The number of amides is 2. The molecule has 4 fully saturated rings. The van der Waals surface area contributed by atoms with Crippen molar-refractivity contribution in [2.45, 2.75) is 63.1 Å². The molecular formula is C22H28BrClN2O3. The van der Waals surface area contributed by atoms with Gasteiger partial charge in [-0.2, -0.15) is 0 Å². The largest absolute Gasteiger partial charge is 0.478 e. The minimum absolute atomic E-state index is 0.00302. The third-order valence-electron chi connectivity index (χ3n) is 6.81. The second-order valence-electron chi connectivity index (χ2n) is 9.50. The molecule has 0 heterocycles. The molecular weight excluding hydrogens is 456 g/mol. The van der Waals surface area contributed by atoms with Crippen LogP contribution in [0.1, 0.15) is 46.0 Å². The Morgan fingerprint density at radius 3 is 2.55 bits per heavy atom. The number of hydrogen-bond acceptors (Lipinski definition) is 3. The van der Waals surface area contributed by atoms with Crippen molar-refractivity contribution in [3.63, 3.8) is 0 Å². The second kappa shape index (κ2) is 7.77. The van der Waals surface area contributed by atoms with E-state index in [9.17, 15) is 9.59 Å². The highest BCUT2D eigenvalue weighted by Gasteiger charge is 2.56. The molecule has 1 aromatic carbocycles. The Balaban J connectivity index is 1.44. The van der Waals surface area contributed by atoms with Gasteiger partial charge in [0.25, 0.3) is 5.91 Å². The molecule has 4 aliphatic rings. The smallest absolute Gasteiger partial charge is 0.263 e. The summed E-state index contributed by atoms with van der Waals surface area (Å²) in [5.74, 6) is 1.90. The Hall–Kier alpha value is -1.27. The summed E-state index contributed by atoms with van der Waals surface area (Å²) >= 11 is 9.17. The Kier molecular flexibility index (Phi) is 5.62. The molecule has 0 aromatic heterocycles. The molecule has 7 heteroatoms. The summed E-state index contributed by atoms with van der Waals surface area (Å²) in [4.78, 5) is 25.1. The maximum absolute atomic E-state index is 13.1. The minimum atomic E-state index is -0.972. The van der Waals surface area contributed by atoms with E-state index in [0.29, 0.717) is 23.5 Å². The highest BCUT2D eigenvalue weighted by Crippen LogP contribution is 2.55. The van der Waals surface area contributed by atoms with Crippen LogP contribution < -0.4 is 15.4 Å². The van der Waals surface area contributed by atoms with Crippen LogP contribution in [0.15, 0.2) is 28.7 Å². The fraction of sp³-hybridized carbons (Fsp3) is 0.636. The molecule has 2 amide bonds. The first-order chi connectivity index (χ1) is 13.7. The zero-order valence-electron chi connectivity index (χ0n) is 16.8. The van der Waals surface area contributed by atoms with Crippen molar-refractivity contribution in [1.29, 1.82) is 0 Å². The molecule has 4 bridgehead atoms. The van der Waals surface area contributed by atoms with Crippen molar-refractivity contribution in [2.75, 3.05) is 5.88 Å². The summed E-state index contributed by atoms with van der Waals surface area (Å²) in [5, 5.41) is 6.51. The Morgan fingerprint density at radius 1 is 1.24 bits per heavy atom. The van der Waals surface area contributed by atoms with Crippen LogP contribution in [0.25, 0.3) is 0 Å². The molecule has 5 rings (SSSR count). The van der Waals surface area contributed by atoms with Gasteiger partial charge in [-0.3, -0.25) is 9.59 Å². The molecule has 4 aliphatic carbocycles. The summed E-state index contributed by atoms with van der Waals surface area (Å²) in [5.41, 5.74) is -1.11. The quantitative estimate of drug-likeness (QED) is 0.601.